The van der Waals surface area contributed by atoms with Crippen LogP contribution in [0.15, 0.2) is 30.3 Å². The second kappa shape index (κ2) is 6.36. The zero-order valence-electron chi connectivity index (χ0n) is 13.7. The molecule has 25 heavy (non-hydrogen) atoms. The van der Waals surface area contributed by atoms with Crippen molar-refractivity contribution in [2.45, 2.75) is 25.3 Å². The highest BCUT2D eigenvalue weighted by molar-refractivity contribution is 7.99. The van der Waals surface area contributed by atoms with Crippen LogP contribution >= 0.6 is 11.8 Å². The van der Waals surface area contributed by atoms with Crippen molar-refractivity contribution in [1.29, 1.82) is 0 Å². The number of hydrogen-bond acceptors (Lipinski definition) is 7. The van der Waals surface area contributed by atoms with Crippen LogP contribution in [0, 0.1) is 11.9 Å². The Bertz CT molecular complexity index is 1040. The molecule has 0 aromatic carbocycles. The van der Waals surface area contributed by atoms with Gasteiger partial charge in [-0.2, -0.15) is 4.39 Å². The topological polar surface area (TPSA) is 87.2 Å². The molecule has 8 nitrogen and oxygen atoms in total. The number of rotatable bonds is 5. The molecule has 0 radical (unpaired) electrons. The monoisotopic (exact) mass is 358 g/mol. The van der Waals surface area contributed by atoms with Gasteiger partial charge in [0.2, 0.25) is 5.95 Å². The van der Waals surface area contributed by atoms with E-state index in [0.717, 1.165) is 23.5 Å². The molecule has 0 aliphatic rings. The van der Waals surface area contributed by atoms with Crippen LogP contribution in [0.1, 0.15) is 20.3 Å². The number of nitrogens with zero attached hydrogens (tertiary/aromatic N) is 8. The molecule has 0 saturated heterocycles. The van der Waals surface area contributed by atoms with E-state index < -0.39 is 5.95 Å². The fraction of sp³-hybridized carbons (Fsp3) is 0.333. The Hall–Kier alpha value is -2.62. The number of halogens is 1. The predicted molar refractivity (Wildman–Crippen MR) is 91.6 cm³/mol. The van der Waals surface area contributed by atoms with Gasteiger partial charge in [0.05, 0.1) is 0 Å². The van der Waals surface area contributed by atoms with Crippen LogP contribution in [-0.4, -0.2) is 45.0 Å². The first-order chi connectivity index (χ1) is 12.1. The summed E-state index contributed by atoms with van der Waals surface area (Å²) >= 11 is 1.66. The lowest BCUT2D eigenvalue weighted by atomic mass is 10.2. The van der Waals surface area contributed by atoms with Crippen molar-refractivity contribution in [1.82, 2.24) is 39.3 Å². The average Bonchev–Trinajstić information content (AvgIpc) is 3.19. The van der Waals surface area contributed by atoms with E-state index >= 15 is 0 Å². The molecule has 0 N–H and O–H groups in total. The number of aromatic nitrogens is 8. The molecule has 0 bridgehead atoms. The van der Waals surface area contributed by atoms with Crippen LogP contribution in [0.5, 0.6) is 0 Å². The normalized spacial score (nSPS) is 11.8. The van der Waals surface area contributed by atoms with Crippen molar-refractivity contribution >= 4 is 34.1 Å². The smallest absolute Gasteiger partial charge is 0.230 e. The van der Waals surface area contributed by atoms with Crippen LogP contribution in [0.3, 0.4) is 0 Å². The van der Waals surface area contributed by atoms with Crippen molar-refractivity contribution < 1.29 is 4.39 Å². The summed E-state index contributed by atoms with van der Waals surface area (Å²) in [6, 6.07) is 0. The average molecular weight is 358 g/mol. The summed E-state index contributed by atoms with van der Waals surface area (Å²) in [4.78, 5) is 24.8. The molecule has 4 heterocycles. The van der Waals surface area contributed by atoms with Gasteiger partial charge in [0.1, 0.15) is 35.9 Å². The minimum absolute atomic E-state index is 0.102. The van der Waals surface area contributed by atoms with Crippen LogP contribution in [-0.2, 0) is 0 Å². The summed E-state index contributed by atoms with van der Waals surface area (Å²) in [7, 11) is 0. The van der Waals surface area contributed by atoms with Crippen LogP contribution < -0.4 is 0 Å². The maximum absolute atomic E-state index is 13.7. The third kappa shape index (κ3) is 2.82. The lowest BCUT2D eigenvalue weighted by Gasteiger charge is -2.06. The van der Waals surface area contributed by atoms with Gasteiger partial charge in [-0.1, -0.05) is 13.8 Å². The Labute approximate surface area is 146 Å². The van der Waals surface area contributed by atoms with E-state index in [1.807, 2.05) is 0 Å². The number of imidazole rings is 2. The molecule has 0 amide bonds. The van der Waals surface area contributed by atoms with Gasteiger partial charge in [-0.25, -0.2) is 39.3 Å². The van der Waals surface area contributed by atoms with E-state index in [-0.39, 0.29) is 5.52 Å². The minimum atomic E-state index is -0.660. The molecule has 10 heteroatoms. The summed E-state index contributed by atoms with van der Waals surface area (Å²) < 4.78 is 17.0. The molecule has 0 unspecified atom stereocenters. The number of thioether (sulfide) groups is 1. The summed E-state index contributed by atoms with van der Waals surface area (Å²) in [6.07, 6.45) is 6.84. The maximum atomic E-state index is 13.7. The largest absolute Gasteiger partial charge is 0.244 e. The zero-order chi connectivity index (χ0) is 17.4. The van der Waals surface area contributed by atoms with Gasteiger partial charge >= 0.3 is 0 Å². The molecule has 0 aliphatic carbocycles. The van der Waals surface area contributed by atoms with Crippen molar-refractivity contribution in [3.05, 3.63) is 31.3 Å². The molecule has 128 valence electrons. The lowest BCUT2D eigenvalue weighted by molar-refractivity contribution is 0.590. The molecular weight excluding hydrogens is 343 g/mol. The quantitative estimate of drug-likeness (QED) is 0.400. The van der Waals surface area contributed by atoms with Gasteiger partial charge < -0.3 is 0 Å². The predicted octanol–water partition coefficient (Wildman–Crippen LogP) is 2.55. The SMILES string of the molecule is CC(C)CCSc1ncnc2c1ncn2-n1cnc2c(F)ncnc21. The van der Waals surface area contributed by atoms with Gasteiger partial charge in [-0.3, -0.25) is 0 Å². The molecule has 4 aromatic rings. The Morgan fingerprint density at radius 3 is 2.28 bits per heavy atom. The van der Waals surface area contributed by atoms with Crippen molar-refractivity contribution in [3.63, 3.8) is 0 Å². The Balaban J connectivity index is 1.77. The standard InChI is InChI=1S/C15H15FN8S/c1-9(2)3-4-25-15-11-14(19-6-20-15)24(8-22-11)23-7-21-10-12(16)17-5-18-13(10)23/h5-9H,3-4H2,1-2H3. The first-order valence-corrected chi connectivity index (χ1v) is 8.78. The van der Waals surface area contributed by atoms with Crippen LogP contribution in [0.4, 0.5) is 4.39 Å². The minimum Gasteiger partial charge on any atom is -0.230 e. The molecule has 4 rings (SSSR count). The van der Waals surface area contributed by atoms with E-state index in [1.165, 1.54) is 12.7 Å². The molecule has 0 spiro atoms. The Kier molecular flexibility index (Phi) is 4.04. The van der Waals surface area contributed by atoms with E-state index in [4.69, 9.17) is 0 Å². The van der Waals surface area contributed by atoms with Crippen LogP contribution in [0.25, 0.3) is 22.3 Å². The van der Waals surface area contributed by atoms with E-state index in [0.29, 0.717) is 22.7 Å². The van der Waals surface area contributed by atoms with Crippen molar-refractivity contribution in [2.24, 2.45) is 5.92 Å². The highest BCUT2D eigenvalue weighted by atomic mass is 32.2. The van der Waals surface area contributed by atoms with Gasteiger partial charge in [-0.15, -0.1) is 11.8 Å². The summed E-state index contributed by atoms with van der Waals surface area (Å²) in [5, 5.41) is 0.828. The summed E-state index contributed by atoms with van der Waals surface area (Å²) in [5.41, 5.74) is 1.76. The Morgan fingerprint density at radius 2 is 1.56 bits per heavy atom. The van der Waals surface area contributed by atoms with E-state index in [1.54, 1.807) is 27.4 Å². The number of hydrogen-bond donors (Lipinski definition) is 0. The van der Waals surface area contributed by atoms with Gasteiger partial charge in [0.15, 0.2) is 16.8 Å². The van der Waals surface area contributed by atoms with Crippen molar-refractivity contribution in [3.8, 4) is 0 Å². The number of fused-ring (bicyclic) bond motifs is 2. The van der Waals surface area contributed by atoms with E-state index in [2.05, 4.69) is 43.8 Å². The van der Waals surface area contributed by atoms with Gasteiger partial charge in [-0.05, 0) is 18.1 Å². The maximum Gasteiger partial charge on any atom is 0.244 e. The second-order valence-electron chi connectivity index (χ2n) is 5.90. The third-order valence-corrected chi connectivity index (χ3v) is 4.73. The highest BCUT2D eigenvalue weighted by Crippen LogP contribution is 2.25. The summed E-state index contributed by atoms with van der Waals surface area (Å²) in [6.45, 7) is 4.38. The first kappa shape index (κ1) is 15.9. The molecular formula is C15H15FN8S. The van der Waals surface area contributed by atoms with Crippen molar-refractivity contribution in [2.75, 3.05) is 5.75 Å². The highest BCUT2D eigenvalue weighted by Gasteiger charge is 2.15. The zero-order valence-corrected chi connectivity index (χ0v) is 14.5. The van der Waals surface area contributed by atoms with Gasteiger partial charge in [0.25, 0.3) is 0 Å². The van der Waals surface area contributed by atoms with E-state index in [9.17, 15) is 4.39 Å². The fourth-order valence-corrected chi connectivity index (χ4v) is 3.59. The molecule has 0 atom stereocenters. The van der Waals surface area contributed by atoms with Crippen LogP contribution in [0.2, 0.25) is 0 Å². The van der Waals surface area contributed by atoms with Gasteiger partial charge in [0, 0.05) is 0 Å². The molecule has 0 fully saturated rings. The molecule has 0 saturated carbocycles. The lowest BCUT2D eigenvalue weighted by Crippen LogP contribution is -2.08. The third-order valence-electron chi connectivity index (χ3n) is 3.72. The summed E-state index contributed by atoms with van der Waals surface area (Å²) in [5.74, 6) is 0.935. The molecule has 4 aromatic heterocycles. The second-order valence-corrected chi connectivity index (χ2v) is 6.98. The first-order valence-electron chi connectivity index (χ1n) is 7.80. The Morgan fingerprint density at radius 1 is 0.920 bits per heavy atom. The molecule has 0 aliphatic heterocycles. The fourth-order valence-electron chi connectivity index (χ4n) is 2.41.